The highest BCUT2D eigenvalue weighted by molar-refractivity contribution is 5.63. The van der Waals surface area contributed by atoms with E-state index >= 15 is 0 Å². The lowest BCUT2D eigenvalue weighted by molar-refractivity contribution is 0.496. The van der Waals surface area contributed by atoms with Crippen LogP contribution in [0.4, 0.5) is 5.82 Å². The number of aromatic nitrogens is 8. The number of rotatable bonds is 4. The average molecular weight is 387 g/mol. The van der Waals surface area contributed by atoms with Gasteiger partial charge in [-0.05, 0) is 20.3 Å². The molecule has 146 valence electrons. The van der Waals surface area contributed by atoms with Crippen LogP contribution < -0.4 is 4.90 Å². The normalized spacial score (nSPS) is 15.4. The summed E-state index contributed by atoms with van der Waals surface area (Å²) in [6.07, 6.45) is 5.96. The molecular weight excluding hydrogens is 366 g/mol. The summed E-state index contributed by atoms with van der Waals surface area (Å²) in [7, 11) is 0. The highest BCUT2D eigenvalue weighted by Crippen LogP contribution is 2.39. The fraction of sp³-hybridized carbons (Fsp3) is 0.300. The highest BCUT2D eigenvalue weighted by Gasteiger charge is 2.35. The minimum Gasteiger partial charge on any atom is -0.342 e. The van der Waals surface area contributed by atoms with Crippen molar-refractivity contribution in [2.24, 2.45) is 0 Å². The van der Waals surface area contributed by atoms with Gasteiger partial charge in [0.1, 0.15) is 18.3 Å². The number of anilines is 1. The van der Waals surface area contributed by atoms with Gasteiger partial charge >= 0.3 is 0 Å². The summed E-state index contributed by atoms with van der Waals surface area (Å²) in [4.78, 5) is 16.2. The molecule has 1 aromatic carbocycles. The standard InChI is InChI=1S/C20H21N9/c1-4-15-19-26-23-12-27(19)16-10-21-20(25-18(16)28(15)13(2)3)29-17(22-11-24-29)14-8-6-5-7-9-14/h5-13,15H,4H2,1-3H3. The Morgan fingerprint density at radius 3 is 2.69 bits per heavy atom. The third kappa shape index (κ3) is 2.69. The van der Waals surface area contributed by atoms with Crippen molar-refractivity contribution in [3.63, 3.8) is 0 Å². The Bertz CT molecular complexity index is 1150. The topological polar surface area (TPSA) is 90.4 Å². The quantitative estimate of drug-likeness (QED) is 0.532. The smallest absolute Gasteiger partial charge is 0.254 e. The van der Waals surface area contributed by atoms with Crippen LogP contribution in [0, 0.1) is 0 Å². The minimum absolute atomic E-state index is 0.0945. The first-order valence-corrected chi connectivity index (χ1v) is 9.70. The van der Waals surface area contributed by atoms with Crippen LogP contribution in [-0.4, -0.2) is 45.5 Å². The monoisotopic (exact) mass is 387 g/mol. The number of fused-ring (bicyclic) bond motifs is 3. The zero-order chi connectivity index (χ0) is 20.0. The molecule has 5 rings (SSSR count). The van der Waals surface area contributed by atoms with Crippen molar-refractivity contribution >= 4 is 5.82 Å². The van der Waals surface area contributed by atoms with E-state index in [1.165, 1.54) is 6.33 Å². The molecule has 0 aliphatic carbocycles. The van der Waals surface area contributed by atoms with Crippen molar-refractivity contribution in [1.29, 1.82) is 0 Å². The molecule has 0 radical (unpaired) electrons. The van der Waals surface area contributed by atoms with Crippen molar-refractivity contribution < 1.29 is 0 Å². The van der Waals surface area contributed by atoms with Gasteiger partial charge in [-0.2, -0.15) is 14.8 Å². The summed E-state index contributed by atoms with van der Waals surface area (Å²) in [6.45, 7) is 6.47. The zero-order valence-electron chi connectivity index (χ0n) is 16.5. The maximum Gasteiger partial charge on any atom is 0.254 e. The van der Waals surface area contributed by atoms with Crippen LogP contribution in [0.3, 0.4) is 0 Å². The summed E-state index contributed by atoms with van der Waals surface area (Å²) >= 11 is 0. The van der Waals surface area contributed by atoms with Crippen LogP contribution in [0.2, 0.25) is 0 Å². The number of hydrogen-bond donors (Lipinski definition) is 0. The first kappa shape index (κ1) is 17.5. The number of hydrogen-bond acceptors (Lipinski definition) is 7. The second-order valence-electron chi connectivity index (χ2n) is 7.22. The molecule has 29 heavy (non-hydrogen) atoms. The van der Waals surface area contributed by atoms with Crippen molar-refractivity contribution in [1.82, 2.24) is 39.5 Å². The van der Waals surface area contributed by atoms with Crippen LogP contribution in [0.15, 0.2) is 49.2 Å². The Morgan fingerprint density at radius 2 is 1.93 bits per heavy atom. The lowest BCUT2D eigenvalue weighted by atomic mass is 10.1. The molecule has 1 atom stereocenters. The molecule has 4 heterocycles. The Balaban J connectivity index is 1.68. The van der Waals surface area contributed by atoms with E-state index in [0.29, 0.717) is 11.8 Å². The highest BCUT2D eigenvalue weighted by atomic mass is 15.4. The molecule has 9 nitrogen and oxygen atoms in total. The summed E-state index contributed by atoms with van der Waals surface area (Å²) in [5.41, 5.74) is 1.83. The Morgan fingerprint density at radius 1 is 1.10 bits per heavy atom. The summed E-state index contributed by atoms with van der Waals surface area (Å²) < 4.78 is 3.66. The van der Waals surface area contributed by atoms with E-state index in [-0.39, 0.29) is 12.1 Å². The van der Waals surface area contributed by atoms with E-state index in [9.17, 15) is 0 Å². The maximum atomic E-state index is 4.92. The van der Waals surface area contributed by atoms with Gasteiger partial charge in [0.15, 0.2) is 17.5 Å². The number of benzene rings is 1. The lowest BCUT2D eigenvalue weighted by Crippen LogP contribution is -2.40. The molecule has 1 aliphatic rings. The fourth-order valence-corrected chi connectivity index (χ4v) is 3.90. The van der Waals surface area contributed by atoms with Crippen molar-refractivity contribution in [2.45, 2.75) is 39.3 Å². The summed E-state index contributed by atoms with van der Waals surface area (Å²) in [5.74, 6) is 2.95. The van der Waals surface area contributed by atoms with Crippen molar-refractivity contribution in [2.75, 3.05) is 4.90 Å². The van der Waals surface area contributed by atoms with Gasteiger partial charge in [0.25, 0.3) is 5.95 Å². The predicted molar refractivity (Wildman–Crippen MR) is 108 cm³/mol. The first-order valence-electron chi connectivity index (χ1n) is 9.70. The van der Waals surface area contributed by atoms with Gasteiger partial charge < -0.3 is 4.90 Å². The Hall–Kier alpha value is -3.62. The molecule has 0 N–H and O–H groups in total. The van der Waals surface area contributed by atoms with Gasteiger partial charge in [-0.3, -0.25) is 4.57 Å². The maximum absolute atomic E-state index is 4.92. The second-order valence-corrected chi connectivity index (χ2v) is 7.22. The molecular formula is C20H21N9. The molecule has 0 fully saturated rings. The van der Waals surface area contributed by atoms with Crippen molar-refractivity contribution in [3.05, 3.63) is 55.0 Å². The third-order valence-electron chi connectivity index (χ3n) is 5.16. The Labute approximate surface area is 168 Å². The van der Waals surface area contributed by atoms with E-state index in [1.807, 2.05) is 41.1 Å². The van der Waals surface area contributed by atoms with Gasteiger partial charge in [-0.15, -0.1) is 10.2 Å². The molecule has 0 spiro atoms. The predicted octanol–water partition coefficient (Wildman–Crippen LogP) is 2.98. The SMILES string of the molecule is CCC1c2nncn2-c2cnc(-n3ncnc3-c3ccccc3)nc2N1C(C)C. The third-order valence-corrected chi connectivity index (χ3v) is 5.16. The number of nitrogens with zero attached hydrogens (tertiary/aromatic N) is 9. The van der Waals surface area contributed by atoms with Crippen molar-refractivity contribution in [3.8, 4) is 23.0 Å². The first-order chi connectivity index (χ1) is 14.2. The average Bonchev–Trinajstić information content (AvgIpc) is 3.42. The molecule has 4 aromatic rings. The van der Waals surface area contributed by atoms with E-state index < -0.39 is 0 Å². The molecule has 3 aromatic heterocycles. The fourth-order valence-electron chi connectivity index (χ4n) is 3.90. The van der Waals surface area contributed by atoms with Gasteiger partial charge in [0, 0.05) is 11.6 Å². The molecule has 0 amide bonds. The Kier molecular flexibility index (Phi) is 4.08. The molecule has 1 aliphatic heterocycles. The second kappa shape index (κ2) is 6.77. The van der Waals surface area contributed by atoms with Crippen LogP contribution in [-0.2, 0) is 0 Å². The van der Waals surface area contributed by atoms with Crippen LogP contribution >= 0.6 is 0 Å². The summed E-state index contributed by atoms with van der Waals surface area (Å²) in [5, 5.41) is 12.9. The summed E-state index contributed by atoms with van der Waals surface area (Å²) in [6, 6.07) is 10.2. The molecule has 0 saturated heterocycles. The van der Waals surface area contributed by atoms with Gasteiger partial charge in [-0.25, -0.2) is 9.97 Å². The van der Waals surface area contributed by atoms with E-state index in [1.54, 1.807) is 11.0 Å². The van der Waals surface area contributed by atoms with E-state index in [2.05, 4.69) is 50.9 Å². The molecule has 1 unspecified atom stereocenters. The molecule has 9 heteroatoms. The largest absolute Gasteiger partial charge is 0.342 e. The van der Waals surface area contributed by atoms with Gasteiger partial charge in [0.2, 0.25) is 0 Å². The van der Waals surface area contributed by atoms with E-state index in [4.69, 9.17) is 4.98 Å². The molecule has 0 bridgehead atoms. The minimum atomic E-state index is 0.0945. The van der Waals surface area contributed by atoms with Gasteiger partial charge in [-0.1, -0.05) is 37.3 Å². The lowest BCUT2D eigenvalue weighted by Gasteiger charge is -2.39. The zero-order valence-corrected chi connectivity index (χ0v) is 16.5. The van der Waals surface area contributed by atoms with Crippen LogP contribution in [0.5, 0.6) is 0 Å². The molecule has 0 saturated carbocycles. The van der Waals surface area contributed by atoms with E-state index in [0.717, 1.165) is 29.3 Å². The van der Waals surface area contributed by atoms with Crippen LogP contribution in [0.1, 0.15) is 39.1 Å². The van der Waals surface area contributed by atoms with Crippen LogP contribution in [0.25, 0.3) is 23.0 Å². The van der Waals surface area contributed by atoms with Gasteiger partial charge in [0.05, 0.1) is 12.2 Å².